The highest BCUT2D eigenvalue weighted by Crippen LogP contribution is 2.33. The molecule has 0 aliphatic heterocycles. The molecule has 3 nitrogen and oxygen atoms in total. The van der Waals surface area contributed by atoms with Crippen molar-refractivity contribution in [1.82, 2.24) is 9.78 Å². The van der Waals surface area contributed by atoms with Gasteiger partial charge in [-0.2, -0.15) is 23.5 Å². The molecule has 0 fully saturated rings. The fraction of sp³-hybridized carbons (Fsp3) is 0.286. The van der Waals surface area contributed by atoms with E-state index in [9.17, 15) is 13.2 Å². The SMILES string of the molecule is CC(C)n1cc(-c2cc(C#N)cc(C(F)(F)F)c2)cn1. The molecule has 0 aliphatic rings. The van der Waals surface area contributed by atoms with Crippen LogP contribution in [0.4, 0.5) is 13.2 Å². The average molecular weight is 279 g/mol. The smallest absolute Gasteiger partial charge is 0.270 e. The van der Waals surface area contributed by atoms with E-state index in [1.807, 2.05) is 13.8 Å². The van der Waals surface area contributed by atoms with Gasteiger partial charge in [0.25, 0.3) is 0 Å². The molecule has 1 aromatic carbocycles. The summed E-state index contributed by atoms with van der Waals surface area (Å²) in [6.07, 6.45) is -1.31. The van der Waals surface area contributed by atoms with Crippen LogP contribution < -0.4 is 0 Å². The monoisotopic (exact) mass is 279 g/mol. The average Bonchev–Trinajstić information content (AvgIpc) is 2.87. The maximum atomic E-state index is 12.8. The van der Waals surface area contributed by atoms with Crippen molar-refractivity contribution < 1.29 is 13.2 Å². The fourth-order valence-electron chi connectivity index (χ4n) is 1.79. The zero-order valence-corrected chi connectivity index (χ0v) is 10.9. The Balaban J connectivity index is 2.53. The number of alkyl halides is 3. The van der Waals surface area contributed by atoms with Crippen LogP contribution in [0.25, 0.3) is 11.1 Å². The van der Waals surface area contributed by atoms with Gasteiger partial charge < -0.3 is 0 Å². The summed E-state index contributed by atoms with van der Waals surface area (Å²) in [6.45, 7) is 3.84. The van der Waals surface area contributed by atoms with Gasteiger partial charge in [-0.05, 0) is 37.6 Å². The molecule has 0 unspecified atom stereocenters. The molecule has 0 radical (unpaired) electrons. The largest absolute Gasteiger partial charge is 0.416 e. The molecule has 0 saturated heterocycles. The minimum Gasteiger partial charge on any atom is -0.270 e. The van der Waals surface area contributed by atoms with Crippen LogP contribution in [-0.2, 0) is 6.18 Å². The van der Waals surface area contributed by atoms with Crippen molar-refractivity contribution >= 4 is 0 Å². The molecule has 2 aromatic rings. The Bertz CT molecular complexity index is 663. The van der Waals surface area contributed by atoms with Crippen LogP contribution in [0, 0.1) is 11.3 Å². The molecule has 6 heteroatoms. The highest BCUT2D eigenvalue weighted by atomic mass is 19.4. The van der Waals surface area contributed by atoms with E-state index in [1.54, 1.807) is 16.9 Å². The Morgan fingerprint density at radius 2 is 1.90 bits per heavy atom. The highest BCUT2D eigenvalue weighted by Gasteiger charge is 2.31. The first-order chi connectivity index (χ1) is 9.31. The van der Waals surface area contributed by atoms with Gasteiger partial charge in [0.1, 0.15) is 0 Å². The number of benzene rings is 1. The zero-order chi connectivity index (χ0) is 14.9. The van der Waals surface area contributed by atoms with Crippen LogP contribution in [0.5, 0.6) is 0 Å². The van der Waals surface area contributed by atoms with E-state index in [0.717, 1.165) is 12.1 Å². The third-order valence-electron chi connectivity index (χ3n) is 2.85. The van der Waals surface area contributed by atoms with Gasteiger partial charge in [-0.3, -0.25) is 4.68 Å². The van der Waals surface area contributed by atoms with Gasteiger partial charge in [-0.1, -0.05) is 0 Å². The second kappa shape index (κ2) is 5.00. The second-order valence-electron chi connectivity index (χ2n) is 4.71. The fourth-order valence-corrected chi connectivity index (χ4v) is 1.79. The van der Waals surface area contributed by atoms with E-state index in [-0.39, 0.29) is 11.6 Å². The third-order valence-corrected chi connectivity index (χ3v) is 2.85. The summed E-state index contributed by atoms with van der Waals surface area (Å²) >= 11 is 0. The molecular formula is C14H12F3N3. The highest BCUT2D eigenvalue weighted by molar-refractivity contribution is 5.65. The molecule has 104 valence electrons. The van der Waals surface area contributed by atoms with Crippen LogP contribution in [-0.4, -0.2) is 9.78 Å². The molecule has 0 aliphatic carbocycles. The lowest BCUT2D eigenvalue weighted by atomic mass is 10.0. The summed E-state index contributed by atoms with van der Waals surface area (Å²) in [5.41, 5.74) is 0.0422. The van der Waals surface area contributed by atoms with Gasteiger partial charge in [0.2, 0.25) is 0 Å². The van der Waals surface area contributed by atoms with Crippen LogP contribution in [0.2, 0.25) is 0 Å². The first-order valence-electron chi connectivity index (χ1n) is 5.98. The molecular weight excluding hydrogens is 267 g/mol. The van der Waals surface area contributed by atoms with Crippen molar-refractivity contribution in [3.8, 4) is 17.2 Å². The van der Waals surface area contributed by atoms with Crippen molar-refractivity contribution in [2.24, 2.45) is 0 Å². The predicted molar refractivity (Wildman–Crippen MR) is 67.8 cm³/mol. The summed E-state index contributed by atoms with van der Waals surface area (Å²) in [5, 5.41) is 12.9. The summed E-state index contributed by atoms with van der Waals surface area (Å²) in [4.78, 5) is 0. The lowest BCUT2D eigenvalue weighted by Crippen LogP contribution is -2.05. The van der Waals surface area contributed by atoms with E-state index in [0.29, 0.717) is 11.1 Å². The van der Waals surface area contributed by atoms with Gasteiger partial charge in [-0.15, -0.1) is 0 Å². The number of nitrogens with zero attached hydrogens (tertiary/aromatic N) is 3. The number of halogens is 3. The van der Waals surface area contributed by atoms with Crippen molar-refractivity contribution in [3.05, 3.63) is 41.7 Å². The van der Waals surface area contributed by atoms with Gasteiger partial charge in [0.15, 0.2) is 0 Å². The molecule has 0 spiro atoms. The first kappa shape index (κ1) is 14.1. The molecule has 1 aromatic heterocycles. The van der Waals surface area contributed by atoms with Crippen molar-refractivity contribution in [2.45, 2.75) is 26.1 Å². The Morgan fingerprint density at radius 1 is 1.20 bits per heavy atom. The molecule has 0 saturated carbocycles. The van der Waals surface area contributed by atoms with Gasteiger partial charge >= 0.3 is 6.18 Å². The van der Waals surface area contributed by atoms with E-state index in [4.69, 9.17) is 5.26 Å². The maximum Gasteiger partial charge on any atom is 0.416 e. The minimum absolute atomic E-state index is 0.0212. The lowest BCUT2D eigenvalue weighted by molar-refractivity contribution is -0.137. The molecule has 20 heavy (non-hydrogen) atoms. The summed E-state index contributed by atoms with van der Waals surface area (Å²) in [6, 6.07) is 5.17. The Morgan fingerprint density at radius 3 is 2.40 bits per heavy atom. The number of aromatic nitrogens is 2. The molecule has 2 rings (SSSR count). The van der Waals surface area contributed by atoms with Gasteiger partial charge in [-0.25, -0.2) is 0 Å². The van der Waals surface area contributed by atoms with E-state index >= 15 is 0 Å². The van der Waals surface area contributed by atoms with Crippen LogP contribution in [0.3, 0.4) is 0 Å². The van der Waals surface area contributed by atoms with E-state index < -0.39 is 11.7 Å². The van der Waals surface area contributed by atoms with E-state index in [2.05, 4.69) is 5.10 Å². The topological polar surface area (TPSA) is 41.6 Å². The summed E-state index contributed by atoms with van der Waals surface area (Å²) in [5.74, 6) is 0. The summed E-state index contributed by atoms with van der Waals surface area (Å²) < 4.78 is 40.1. The second-order valence-corrected chi connectivity index (χ2v) is 4.71. The van der Waals surface area contributed by atoms with Crippen LogP contribution in [0.15, 0.2) is 30.6 Å². The standard InChI is InChI=1S/C14H12F3N3/c1-9(2)20-8-12(7-19-20)11-3-10(6-18)4-13(5-11)14(15,16)17/h3-5,7-9H,1-2H3. The van der Waals surface area contributed by atoms with Crippen molar-refractivity contribution in [2.75, 3.05) is 0 Å². The van der Waals surface area contributed by atoms with Gasteiger partial charge in [0, 0.05) is 17.8 Å². The van der Waals surface area contributed by atoms with Crippen LogP contribution >= 0.6 is 0 Å². The zero-order valence-electron chi connectivity index (χ0n) is 10.9. The predicted octanol–water partition coefficient (Wildman–Crippen LogP) is 4.02. The number of nitriles is 1. The van der Waals surface area contributed by atoms with Gasteiger partial charge in [0.05, 0.1) is 23.4 Å². The van der Waals surface area contributed by atoms with Crippen LogP contribution in [0.1, 0.15) is 31.0 Å². The Kier molecular flexibility index (Phi) is 3.53. The van der Waals surface area contributed by atoms with E-state index in [1.165, 1.54) is 12.3 Å². The van der Waals surface area contributed by atoms with Crippen molar-refractivity contribution in [1.29, 1.82) is 5.26 Å². The molecule has 0 atom stereocenters. The molecule has 0 bridgehead atoms. The normalized spacial score (nSPS) is 11.7. The molecule has 0 N–H and O–H groups in total. The molecule has 1 heterocycles. The first-order valence-corrected chi connectivity index (χ1v) is 5.98. The maximum absolute atomic E-state index is 12.8. The number of hydrogen-bond donors (Lipinski definition) is 0. The third kappa shape index (κ3) is 2.82. The Hall–Kier alpha value is -2.29. The van der Waals surface area contributed by atoms with Crippen molar-refractivity contribution in [3.63, 3.8) is 0 Å². The minimum atomic E-state index is -4.48. The Labute approximate surface area is 114 Å². The summed E-state index contributed by atoms with van der Waals surface area (Å²) in [7, 11) is 0. The lowest BCUT2D eigenvalue weighted by Gasteiger charge is -2.09. The molecule has 0 amide bonds. The number of rotatable bonds is 2. The quantitative estimate of drug-likeness (QED) is 0.833. The number of hydrogen-bond acceptors (Lipinski definition) is 2.